The Morgan fingerprint density at radius 3 is 2.32 bits per heavy atom. The molecule has 2 aromatic rings. The number of hydrogen-bond acceptors (Lipinski definition) is 3. The molecule has 4 heteroatoms. The van der Waals surface area contributed by atoms with Crippen molar-refractivity contribution >= 4 is 40.1 Å². The number of ether oxygens (including phenoxy) is 1. The Morgan fingerprint density at radius 2 is 1.74 bits per heavy atom. The Hall–Kier alpha value is -1.01. The second kappa shape index (κ2) is 6.96. The summed E-state index contributed by atoms with van der Waals surface area (Å²) in [4.78, 5) is 13.1. The summed E-state index contributed by atoms with van der Waals surface area (Å²) in [7, 11) is 0. The van der Waals surface area contributed by atoms with Gasteiger partial charge in [-0.1, -0.05) is 12.1 Å². The smallest absolute Gasteiger partial charge is 0.200 e. The summed E-state index contributed by atoms with van der Waals surface area (Å²) in [5.74, 6) is 0.710. The maximum Gasteiger partial charge on any atom is 0.200 e. The van der Waals surface area contributed by atoms with Gasteiger partial charge in [-0.05, 0) is 65.2 Å². The van der Waals surface area contributed by atoms with E-state index >= 15 is 0 Å². The van der Waals surface area contributed by atoms with Crippen LogP contribution in [0.15, 0.2) is 53.4 Å². The van der Waals surface area contributed by atoms with E-state index in [4.69, 9.17) is 4.74 Å². The summed E-state index contributed by atoms with van der Waals surface area (Å²) in [5.41, 5.74) is 0.682. The average Bonchev–Trinajstić information content (AvgIpc) is 2.46. The lowest BCUT2D eigenvalue weighted by atomic mass is 10.1. The van der Waals surface area contributed by atoms with E-state index in [1.54, 1.807) is 11.8 Å². The van der Waals surface area contributed by atoms with Crippen LogP contribution in [-0.2, 0) is 0 Å². The Morgan fingerprint density at radius 1 is 1.11 bits per heavy atom. The number of halogens is 1. The van der Waals surface area contributed by atoms with Gasteiger partial charge >= 0.3 is 0 Å². The molecule has 0 aromatic heterocycles. The molecule has 0 unspecified atom stereocenters. The lowest BCUT2D eigenvalue weighted by molar-refractivity contribution is 0.0921. The largest absolute Gasteiger partial charge is 0.485 e. The van der Waals surface area contributed by atoms with Crippen molar-refractivity contribution in [3.8, 4) is 5.75 Å². The van der Waals surface area contributed by atoms with E-state index < -0.39 is 0 Å². The molecular weight excluding hydrogens is 371 g/mol. The van der Waals surface area contributed by atoms with Crippen molar-refractivity contribution in [2.24, 2.45) is 0 Å². The molecule has 0 aliphatic rings. The molecule has 0 aliphatic carbocycles. The second-order valence-electron chi connectivity index (χ2n) is 3.89. The lowest BCUT2D eigenvalue weighted by Crippen LogP contribution is -2.11. The van der Waals surface area contributed by atoms with Crippen LogP contribution in [0.4, 0.5) is 0 Å². The van der Waals surface area contributed by atoms with Crippen LogP contribution in [-0.4, -0.2) is 18.6 Å². The molecule has 0 N–H and O–H groups in total. The highest BCUT2D eigenvalue weighted by Crippen LogP contribution is 2.19. The van der Waals surface area contributed by atoms with E-state index in [-0.39, 0.29) is 12.4 Å². The zero-order chi connectivity index (χ0) is 13.7. The standard InChI is InChI=1S/C15H13IO2S/c1-19-14-8-6-13(7-9-14)18-10-15(17)11-2-4-12(16)5-3-11/h2-9H,10H2,1H3. The fourth-order valence-corrected chi connectivity index (χ4v) is 2.31. The van der Waals surface area contributed by atoms with E-state index in [9.17, 15) is 4.79 Å². The zero-order valence-corrected chi connectivity index (χ0v) is 13.4. The van der Waals surface area contributed by atoms with Crippen molar-refractivity contribution in [1.29, 1.82) is 0 Å². The minimum absolute atomic E-state index is 0.00894. The third-order valence-corrected chi connectivity index (χ3v) is 4.06. The van der Waals surface area contributed by atoms with Gasteiger partial charge in [0.1, 0.15) is 5.75 Å². The number of carbonyl (C=O) groups is 1. The molecule has 0 amide bonds. The van der Waals surface area contributed by atoms with Gasteiger partial charge in [-0.3, -0.25) is 4.79 Å². The van der Waals surface area contributed by atoms with Gasteiger partial charge < -0.3 is 4.74 Å². The second-order valence-corrected chi connectivity index (χ2v) is 6.02. The first-order valence-corrected chi connectivity index (χ1v) is 8.05. The predicted octanol–water partition coefficient (Wildman–Crippen LogP) is 4.27. The van der Waals surface area contributed by atoms with Crippen LogP contribution in [0.25, 0.3) is 0 Å². The van der Waals surface area contributed by atoms with Gasteiger partial charge in [0.05, 0.1) is 0 Å². The normalized spacial score (nSPS) is 10.2. The maximum absolute atomic E-state index is 11.9. The van der Waals surface area contributed by atoms with Crippen LogP contribution in [0.1, 0.15) is 10.4 Å². The summed E-state index contributed by atoms with van der Waals surface area (Å²) >= 11 is 3.89. The number of Topliss-reactive ketones (excluding diaryl/α,β-unsaturated/α-hetero) is 1. The van der Waals surface area contributed by atoms with Crippen molar-refractivity contribution < 1.29 is 9.53 Å². The molecular formula is C15H13IO2S. The predicted molar refractivity (Wildman–Crippen MR) is 87.2 cm³/mol. The maximum atomic E-state index is 11.9. The molecule has 0 heterocycles. The molecule has 0 atom stereocenters. The summed E-state index contributed by atoms with van der Waals surface area (Å²) in [6, 6.07) is 15.2. The number of hydrogen-bond donors (Lipinski definition) is 0. The van der Waals surface area contributed by atoms with Crippen molar-refractivity contribution in [1.82, 2.24) is 0 Å². The third-order valence-electron chi connectivity index (χ3n) is 2.60. The van der Waals surface area contributed by atoms with Gasteiger partial charge in [0, 0.05) is 14.0 Å². The van der Waals surface area contributed by atoms with E-state index in [0.29, 0.717) is 5.56 Å². The molecule has 98 valence electrons. The van der Waals surface area contributed by atoms with Gasteiger partial charge in [-0.2, -0.15) is 0 Å². The molecule has 0 saturated carbocycles. The molecule has 2 nitrogen and oxygen atoms in total. The fraction of sp³-hybridized carbons (Fsp3) is 0.133. The summed E-state index contributed by atoms with van der Waals surface area (Å²) in [6.45, 7) is 0.0687. The van der Waals surface area contributed by atoms with Crippen LogP contribution in [0.5, 0.6) is 5.75 Å². The average molecular weight is 384 g/mol. The van der Waals surface area contributed by atoms with E-state index in [1.807, 2.05) is 54.8 Å². The summed E-state index contributed by atoms with van der Waals surface area (Å²) in [6.07, 6.45) is 2.02. The topological polar surface area (TPSA) is 26.3 Å². The van der Waals surface area contributed by atoms with E-state index in [2.05, 4.69) is 22.6 Å². The molecule has 0 radical (unpaired) electrons. The zero-order valence-electron chi connectivity index (χ0n) is 10.4. The van der Waals surface area contributed by atoms with E-state index in [0.717, 1.165) is 9.32 Å². The molecule has 19 heavy (non-hydrogen) atoms. The van der Waals surface area contributed by atoms with Gasteiger partial charge in [0.2, 0.25) is 0 Å². The molecule has 0 saturated heterocycles. The fourth-order valence-electron chi connectivity index (χ4n) is 1.54. The highest BCUT2D eigenvalue weighted by atomic mass is 127. The highest BCUT2D eigenvalue weighted by Gasteiger charge is 2.06. The molecule has 2 rings (SSSR count). The molecule has 0 bridgehead atoms. The van der Waals surface area contributed by atoms with Crippen LogP contribution in [0.2, 0.25) is 0 Å². The molecule has 0 spiro atoms. The van der Waals surface area contributed by atoms with Gasteiger partial charge in [0.25, 0.3) is 0 Å². The Bertz CT molecular complexity index is 549. The summed E-state index contributed by atoms with van der Waals surface area (Å²) in [5, 5.41) is 0. The molecule has 0 fully saturated rings. The van der Waals surface area contributed by atoms with Crippen molar-refractivity contribution in [2.75, 3.05) is 12.9 Å². The number of benzene rings is 2. The first-order valence-electron chi connectivity index (χ1n) is 5.74. The van der Waals surface area contributed by atoms with Gasteiger partial charge in [-0.15, -0.1) is 11.8 Å². The minimum atomic E-state index is -0.00894. The highest BCUT2D eigenvalue weighted by molar-refractivity contribution is 14.1. The molecule has 2 aromatic carbocycles. The van der Waals surface area contributed by atoms with Gasteiger partial charge in [0.15, 0.2) is 12.4 Å². The Labute approximate surface area is 130 Å². The van der Waals surface area contributed by atoms with Crippen LogP contribution in [0.3, 0.4) is 0 Å². The van der Waals surface area contributed by atoms with Crippen LogP contribution >= 0.6 is 34.4 Å². The quantitative estimate of drug-likeness (QED) is 0.438. The number of ketones is 1. The Balaban J connectivity index is 1.94. The lowest BCUT2D eigenvalue weighted by Gasteiger charge is -2.06. The first kappa shape index (κ1) is 14.4. The summed E-state index contributed by atoms with van der Waals surface area (Å²) < 4.78 is 6.60. The van der Waals surface area contributed by atoms with Crippen molar-refractivity contribution in [2.45, 2.75) is 4.90 Å². The number of carbonyl (C=O) groups excluding carboxylic acids is 1. The first-order chi connectivity index (χ1) is 9.19. The van der Waals surface area contributed by atoms with Crippen LogP contribution < -0.4 is 4.74 Å². The van der Waals surface area contributed by atoms with E-state index in [1.165, 1.54) is 4.90 Å². The number of rotatable bonds is 5. The third kappa shape index (κ3) is 4.24. The van der Waals surface area contributed by atoms with Crippen molar-refractivity contribution in [3.63, 3.8) is 0 Å². The Kier molecular flexibility index (Phi) is 5.27. The molecule has 0 aliphatic heterocycles. The SMILES string of the molecule is CSc1ccc(OCC(=O)c2ccc(I)cc2)cc1. The number of thioether (sulfide) groups is 1. The van der Waals surface area contributed by atoms with Crippen LogP contribution in [0, 0.1) is 3.57 Å². The monoisotopic (exact) mass is 384 g/mol. The van der Waals surface area contributed by atoms with Gasteiger partial charge in [-0.25, -0.2) is 0 Å². The van der Waals surface area contributed by atoms with Crippen molar-refractivity contribution in [3.05, 3.63) is 57.7 Å². The minimum Gasteiger partial charge on any atom is -0.485 e.